The Bertz CT molecular complexity index is 2570. The molecule has 6 bridgehead atoms. The molecule has 5 aliphatic rings. The number of rotatable bonds is 10. The van der Waals surface area contributed by atoms with E-state index >= 15 is 0 Å². The van der Waals surface area contributed by atoms with Crippen molar-refractivity contribution >= 4 is 21.4 Å². The van der Waals surface area contributed by atoms with E-state index in [1.165, 1.54) is 16.7 Å². The zero-order valence-electron chi connectivity index (χ0n) is 36.0. The summed E-state index contributed by atoms with van der Waals surface area (Å²) in [4.78, 5) is 4.98. The molecule has 13 nitrogen and oxygen atoms in total. The molecule has 0 aliphatic carbocycles. The standard InChI is InChI=1S/C48H55N5O8S/c1-52-20-15-32-26-42(56-3)44-29-36(32)39(52)23-30-7-10-34(11-8-30)60-43-25-31(24-40-46-33(16-21-53(40)2)27-45(57-4)47(58-5)48(46)61-44)9-14-41(43)59-22-6-17-51-62(54,55)35-12-13-37-38(28-35)50-19-18-49-37/h7-14,25-29,39-40,49-51H,6,15-24H2,1-5H3/t39-,40+/m1/s1. The molecular weight excluding hydrogens is 807 g/mol. The highest BCUT2D eigenvalue weighted by Gasteiger charge is 2.35. The van der Waals surface area contributed by atoms with Gasteiger partial charge in [0.25, 0.3) is 0 Å². The summed E-state index contributed by atoms with van der Waals surface area (Å²) in [6, 6.07) is 25.8. The Morgan fingerprint density at radius 1 is 0.710 bits per heavy atom. The largest absolute Gasteiger partial charge is 0.493 e. The molecule has 62 heavy (non-hydrogen) atoms. The molecule has 0 fully saturated rings. The van der Waals surface area contributed by atoms with Gasteiger partial charge in [-0.25, -0.2) is 13.1 Å². The third-order valence-electron chi connectivity index (χ3n) is 12.6. The van der Waals surface area contributed by atoms with Gasteiger partial charge in [0, 0.05) is 50.4 Å². The van der Waals surface area contributed by atoms with Crippen molar-refractivity contribution < 1.29 is 36.8 Å². The zero-order valence-corrected chi connectivity index (χ0v) is 36.8. The molecule has 5 aliphatic heterocycles. The first-order valence-corrected chi connectivity index (χ1v) is 22.8. The van der Waals surface area contributed by atoms with Crippen LogP contribution in [0.15, 0.2) is 83.8 Å². The van der Waals surface area contributed by atoms with Crippen LogP contribution in [-0.2, 0) is 35.7 Å². The van der Waals surface area contributed by atoms with E-state index in [0.717, 1.165) is 73.5 Å². The smallest absolute Gasteiger partial charge is 0.240 e. The molecule has 5 aromatic rings. The summed E-state index contributed by atoms with van der Waals surface area (Å²) in [7, 11) is 5.61. The average molecular weight is 862 g/mol. The van der Waals surface area contributed by atoms with E-state index in [1.807, 2.05) is 24.3 Å². The van der Waals surface area contributed by atoms with Crippen LogP contribution in [-0.4, -0.2) is 93.0 Å². The molecule has 0 aromatic heterocycles. The Kier molecular flexibility index (Phi) is 11.8. The van der Waals surface area contributed by atoms with Gasteiger partial charge in [-0.05, 0) is 135 Å². The summed E-state index contributed by atoms with van der Waals surface area (Å²) in [5.41, 5.74) is 8.51. The van der Waals surface area contributed by atoms with Crippen LogP contribution in [0.2, 0.25) is 0 Å². The van der Waals surface area contributed by atoms with Crippen LogP contribution in [0.1, 0.15) is 51.9 Å². The molecule has 0 amide bonds. The highest BCUT2D eigenvalue weighted by atomic mass is 32.2. The number of ether oxygens (including phenoxy) is 6. The second-order valence-electron chi connectivity index (χ2n) is 16.4. The minimum Gasteiger partial charge on any atom is -0.493 e. The van der Waals surface area contributed by atoms with Crippen molar-refractivity contribution in [3.05, 3.63) is 112 Å². The van der Waals surface area contributed by atoms with E-state index in [9.17, 15) is 8.42 Å². The zero-order chi connectivity index (χ0) is 43.0. The summed E-state index contributed by atoms with van der Waals surface area (Å²) in [6.45, 7) is 3.76. The summed E-state index contributed by atoms with van der Waals surface area (Å²) in [6.07, 6.45) is 3.58. The average Bonchev–Trinajstić information content (AvgIpc) is 3.28. The molecule has 326 valence electrons. The fourth-order valence-electron chi connectivity index (χ4n) is 9.16. The second kappa shape index (κ2) is 17.6. The highest BCUT2D eigenvalue weighted by Crippen LogP contribution is 2.52. The number of hydrogen-bond donors (Lipinski definition) is 3. The molecule has 5 aromatic carbocycles. The van der Waals surface area contributed by atoms with E-state index in [2.05, 4.69) is 75.6 Å². The summed E-state index contributed by atoms with van der Waals surface area (Å²) < 4.78 is 67.3. The number of anilines is 2. The molecule has 3 N–H and O–H groups in total. The van der Waals surface area contributed by atoms with Crippen molar-refractivity contribution in [2.24, 2.45) is 0 Å². The van der Waals surface area contributed by atoms with Crippen LogP contribution in [0.4, 0.5) is 11.4 Å². The second-order valence-corrected chi connectivity index (χ2v) is 18.2. The highest BCUT2D eigenvalue weighted by molar-refractivity contribution is 7.89. The van der Waals surface area contributed by atoms with Gasteiger partial charge in [-0.15, -0.1) is 0 Å². The number of benzene rings is 5. The van der Waals surface area contributed by atoms with Crippen molar-refractivity contribution in [1.29, 1.82) is 0 Å². The molecule has 0 radical (unpaired) electrons. The van der Waals surface area contributed by atoms with E-state index in [1.54, 1.807) is 39.5 Å². The van der Waals surface area contributed by atoms with Gasteiger partial charge in [-0.3, -0.25) is 9.80 Å². The van der Waals surface area contributed by atoms with Gasteiger partial charge in [0.1, 0.15) is 5.75 Å². The first-order valence-electron chi connectivity index (χ1n) is 21.3. The number of nitrogens with one attached hydrogen (secondary N) is 3. The number of fused-ring (bicyclic) bond motifs is 3. The fourth-order valence-corrected chi connectivity index (χ4v) is 10.3. The monoisotopic (exact) mass is 861 g/mol. The predicted octanol–water partition coefficient (Wildman–Crippen LogP) is 7.74. The fraction of sp³-hybridized carbons (Fsp3) is 0.375. The van der Waals surface area contributed by atoms with E-state index < -0.39 is 10.0 Å². The van der Waals surface area contributed by atoms with Gasteiger partial charge in [0.15, 0.2) is 34.5 Å². The minimum atomic E-state index is -3.71. The van der Waals surface area contributed by atoms with Crippen molar-refractivity contribution in [3.63, 3.8) is 0 Å². The Morgan fingerprint density at radius 2 is 1.40 bits per heavy atom. The number of sulfonamides is 1. The van der Waals surface area contributed by atoms with Crippen molar-refractivity contribution in [3.8, 4) is 46.0 Å². The van der Waals surface area contributed by atoms with Crippen LogP contribution in [0.3, 0.4) is 0 Å². The van der Waals surface area contributed by atoms with E-state index in [0.29, 0.717) is 58.8 Å². The van der Waals surface area contributed by atoms with Gasteiger partial charge in [0.2, 0.25) is 15.8 Å². The summed E-state index contributed by atoms with van der Waals surface area (Å²) >= 11 is 0. The predicted molar refractivity (Wildman–Crippen MR) is 240 cm³/mol. The summed E-state index contributed by atoms with van der Waals surface area (Å²) in [5.74, 6) is 4.89. The summed E-state index contributed by atoms with van der Waals surface area (Å²) in [5, 5.41) is 6.54. The van der Waals surface area contributed by atoms with Crippen LogP contribution in [0, 0.1) is 0 Å². The van der Waals surface area contributed by atoms with Gasteiger partial charge >= 0.3 is 0 Å². The normalized spacial score (nSPS) is 18.3. The van der Waals surface area contributed by atoms with Crippen molar-refractivity contribution in [2.45, 2.75) is 49.1 Å². The molecule has 0 unspecified atom stereocenters. The topological polar surface area (TPSA) is 132 Å². The first-order chi connectivity index (χ1) is 30.1. The molecule has 10 rings (SSSR count). The quantitative estimate of drug-likeness (QED) is 0.119. The lowest BCUT2D eigenvalue weighted by molar-refractivity contribution is 0.220. The molecular formula is C48H55N5O8S. The lowest BCUT2D eigenvalue weighted by Gasteiger charge is -2.37. The minimum absolute atomic E-state index is 0.0935. The van der Waals surface area contributed by atoms with Crippen LogP contribution in [0.25, 0.3) is 0 Å². The maximum atomic E-state index is 13.2. The van der Waals surface area contributed by atoms with Gasteiger partial charge in [-0.2, -0.15) is 0 Å². The lowest BCUT2D eigenvalue weighted by Crippen LogP contribution is -2.34. The Balaban J connectivity index is 1.05. The molecule has 5 heterocycles. The lowest BCUT2D eigenvalue weighted by atomic mass is 9.87. The third-order valence-corrected chi connectivity index (χ3v) is 14.0. The third kappa shape index (κ3) is 8.31. The van der Waals surface area contributed by atoms with E-state index in [4.69, 9.17) is 28.4 Å². The molecule has 0 saturated carbocycles. The number of methoxy groups -OCH3 is 3. The molecule has 2 atom stereocenters. The molecule has 14 heteroatoms. The van der Waals surface area contributed by atoms with Crippen molar-refractivity contribution in [1.82, 2.24) is 14.5 Å². The van der Waals surface area contributed by atoms with Crippen LogP contribution >= 0.6 is 0 Å². The number of likely N-dealkylation sites (N-methyl/N-ethyl adjacent to an activating group) is 2. The molecule has 0 saturated heterocycles. The SMILES string of the molecule is COc1cc2c3cc1Oc1c(OC)c(OC)cc4c1[C@H](Cc1ccc(OCCCNS(=O)(=O)c5ccc6c(c5)NCCN6)c(c1)Oc1ccc(cc1)C[C@H]3N(C)CC2)N(C)CC4. The van der Waals surface area contributed by atoms with Crippen molar-refractivity contribution in [2.75, 3.05) is 85.4 Å². The van der Waals surface area contributed by atoms with E-state index in [-0.39, 0.29) is 30.1 Å². The van der Waals surface area contributed by atoms with Gasteiger partial charge in [0.05, 0.1) is 44.2 Å². The Labute approximate surface area is 364 Å². The maximum Gasteiger partial charge on any atom is 0.240 e. The number of hydrogen-bond acceptors (Lipinski definition) is 12. The Hall–Kier alpha value is -5.67. The maximum absolute atomic E-state index is 13.2. The molecule has 0 spiro atoms. The van der Waals surface area contributed by atoms with Crippen LogP contribution < -0.4 is 43.8 Å². The first kappa shape index (κ1) is 41.7. The van der Waals surface area contributed by atoms with Crippen LogP contribution in [0.5, 0.6) is 46.0 Å². The number of nitrogens with zero attached hydrogens (tertiary/aromatic N) is 2. The van der Waals surface area contributed by atoms with Gasteiger partial charge in [-0.1, -0.05) is 18.2 Å². The van der Waals surface area contributed by atoms with Gasteiger partial charge < -0.3 is 39.1 Å². The Morgan fingerprint density at radius 3 is 2.18 bits per heavy atom.